The number of benzene rings is 2. The Morgan fingerprint density at radius 3 is 2.32 bits per heavy atom. The molecule has 0 saturated heterocycles. The van der Waals surface area contributed by atoms with Crippen molar-refractivity contribution in [3.63, 3.8) is 0 Å². The van der Waals surface area contributed by atoms with E-state index in [0.29, 0.717) is 0 Å². The number of pyridine rings is 1. The number of hydrogen-bond donors (Lipinski definition) is 0. The van der Waals surface area contributed by atoms with Crippen LogP contribution in [0, 0.1) is 12.3 Å². The minimum atomic E-state index is -0.117. The zero-order chi connectivity index (χ0) is 24.5. The minimum absolute atomic E-state index is 0.0861. The molecule has 0 fully saturated rings. The number of fused-ring (bicyclic) bond motifs is 5. The van der Waals surface area contributed by atoms with Crippen molar-refractivity contribution in [2.24, 2.45) is 5.41 Å². The van der Waals surface area contributed by atoms with Gasteiger partial charge in [-0.05, 0) is 59.7 Å². The van der Waals surface area contributed by atoms with E-state index in [4.69, 9.17) is 4.98 Å². The molecule has 2 aromatic carbocycles. The van der Waals surface area contributed by atoms with Gasteiger partial charge in [-0.15, -0.1) is 6.58 Å². The van der Waals surface area contributed by atoms with E-state index in [2.05, 4.69) is 126 Å². The van der Waals surface area contributed by atoms with Crippen LogP contribution in [0.3, 0.4) is 0 Å². The van der Waals surface area contributed by atoms with Crippen LogP contribution in [0.15, 0.2) is 73.4 Å². The molecule has 2 unspecified atom stereocenters. The van der Waals surface area contributed by atoms with Crippen LogP contribution in [0.25, 0.3) is 0 Å². The molecule has 3 aromatic rings. The Balaban J connectivity index is 1.85. The molecular formula is C31H37N3. The Bertz CT molecular complexity index is 1270. The molecule has 0 aliphatic carbocycles. The first-order valence-electron chi connectivity index (χ1n) is 12.4. The Kier molecular flexibility index (Phi) is 4.99. The third kappa shape index (κ3) is 2.99. The number of allylic oxidation sites excluding steroid dienone is 1. The minimum Gasteiger partial charge on any atom is -0.316 e. The topological polar surface area (TPSA) is 19.4 Å². The van der Waals surface area contributed by atoms with Crippen molar-refractivity contribution in [3.05, 3.63) is 90.1 Å². The number of anilines is 4. The van der Waals surface area contributed by atoms with Gasteiger partial charge in [0.25, 0.3) is 0 Å². The molecule has 0 N–H and O–H groups in total. The van der Waals surface area contributed by atoms with E-state index in [1.807, 2.05) is 6.20 Å². The number of aryl methyl sites for hydroxylation is 1. The third-order valence-electron chi connectivity index (χ3n) is 8.45. The van der Waals surface area contributed by atoms with Gasteiger partial charge in [0.15, 0.2) is 5.82 Å². The van der Waals surface area contributed by atoms with Gasteiger partial charge in [0, 0.05) is 28.4 Å². The summed E-state index contributed by atoms with van der Waals surface area (Å²) in [5.74, 6) is 1.03. The van der Waals surface area contributed by atoms with Crippen LogP contribution >= 0.6 is 0 Å². The van der Waals surface area contributed by atoms with E-state index in [9.17, 15) is 0 Å². The molecule has 3 nitrogen and oxygen atoms in total. The monoisotopic (exact) mass is 451 g/mol. The van der Waals surface area contributed by atoms with E-state index in [0.717, 1.165) is 12.2 Å². The molecule has 0 saturated carbocycles. The summed E-state index contributed by atoms with van der Waals surface area (Å²) in [5.41, 5.74) is 7.59. The summed E-state index contributed by atoms with van der Waals surface area (Å²) in [6, 6.07) is 20.1. The van der Waals surface area contributed by atoms with Gasteiger partial charge >= 0.3 is 0 Å². The number of rotatable bonds is 3. The zero-order valence-electron chi connectivity index (χ0n) is 21.7. The molecule has 5 rings (SSSR count). The Morgan fingerprint density at radius 2 is 1.65 bits per heavy atom. The Morgan fingerprint density at radius 1 is 0.941 bits per heavy atom. The van der Waals surface area contributed by atoms with Gasteiger partial charge in [-0.1, -0.05) is 78.0 Å². The van der Waals surface area contributed by atoms with Gasteiger partial charge in [-0.25, -0.2) is 4.98 Å². The van der Waals surface area contributed by atoms with Crippen LogP contribution in [0.1, 0.15) is 64.7 Å². The van der Waals surface area contributed by atoms with Crippen molar-refractivity contribution >= 4 is 22.9 Å². The Hall–Kier alpha value is -3.07. The van der Waals surface area contributed by atoms with E-state index < -0.39 is 0 Å². The lowest BCUT2D eigenvalue weighted by Crippen LogP contribution is -2.61. The van der Waals surface area contributed by atoms with Crippen molar-refractivity contribution in [2.45, 2.75) is 71.9 Å². The van der Waals surface area contributed by atoms with E-state index in [1.54, 1.807) is 0 Å². The third-order valence-corrected chi connectivity index (χ3v) is 8.45. The number of para-hydroxylation sites is 1. The highest BCUT2D eigenvalue weighted by atomic mass is 15.5. The molecule has 176 valence electrons. The fourth-order valence-corrected chi connectivity index (χ4v) is 6.06. The molecule has 0 amide bonds. The second kappa shape index (κ2) is 7.46. The summed E-state index contributed by atoms with van der Waals surface area (Å²) >= 11 is 0. The molecule has 2 aliphatic rings. The van der Waals surface area contributed by atoms with Gasteiger partial charge in [-0.2, -0.15) is 0 Å². The largest absolute Gasteiger partial charge is 0.316 e. The number of aromatic nitrogens is 1. The molecule has 2 aliphatic heterocycles. The molecule has 0 bridgehead atoms. The second-order valence-corrected chi connectivity index (χ2v) is 11.8. The first-order valence-corrected chi connectivity index (χ1v) is 12.4. The lowest BCUT2D eigenvalue weighted by Gasteiger charge is -2.58. The smallest absolute Gasteiger partial charge is 0.158 e. The lowest BCUT2D eigenvalue weighted by molar-refractivity contribution is 0.131. The van der Waals surface area contributed by atoms with Crippen LogP contribution in [0.2, 0.25) is 0 Å². The first kappa shape index (κ1) is 22.7. The summed E-state index contributed by atoms with van der Waals surface area (Å²) in [7, 11) is 0. The zero-order valence-corrected chi connectivity index (χ0v) is 21.7. The average Bonchev–Trinajstić information content (AvgIpc) is 3.14. The summed E-state index contributed by atoms with van der Waals surface area (Å²) < 4.78 is 0. The fraction of sp³-hybridized carbons (Fsp3) is 0.387. The van der Waals surface area contributed by atoms with E-state index in [1.165, 1.54) is 33.8 Å². The summed E-state index contributed by atoms with van der Waals surface area (Å²) in [6.45, 7) is 20.6. The van der Waals surface area contributed by atoms with Gasteiger partial charge in [0.05, 0.1) is 5.69 Å². The molecule has 0 radical (unpaired) electrons. The highest BCUT2D eigenvalue weighted by Gasteiger charge is 2.59. The average molecular weight is 452 g/mol. The predicted octanol–water partition coefficient (Wildman–Crippen LogP) is 8.18. The standard InChI is InChI=1S/C31H37N3/c1-9-18-31(8)23-20-22(29(3,4)5)16-17-25(23)33-26-15-12-19-32-27(26)34(28(33)30(31,6)7)24-14-11-10-13-21(24)2/h9-17,19-20,28H,1,18H2,2-8H3. The van der Waals surface area contributed by atoms with E-state index >= 15 is 0 Å². The predicted molar refractivity (Wildman–Crippen MR) is 145 cm³/mol. The quantitative estimate of drug-likeness (QED) is 0.374. The van der Waals surface area contributed by atoms with Gasteiger partial charge in [0.1, 0.15) is 6.17 Å². The molecule has 0 spiro atoms. The highest BCUT2D eigenvalue weighted by molar-refractivity contribution is 5.89. The molecule has 3 heterocycles. The maximum Gasteiger partial charge on any atom is 0.158 e. The summed E-state index contributed by atoms with van der Waals surface area (Å²) in [5, 5.41) is 0. The normalized spacial score (nSPS) is 22.7. The lowest BCUT2D eigenvalue weighted by atomic mass is 9.56. The maximum absolute atomic E-state index is 4.94. The Labute approximate surface area is 205 Å². The van der Waals surface area contributed by atoms with Crippen molar-refractivity contribution < 1.29 is 0 Å². The van der Waals surface area contributed by atoms with Gasteiger partial charge in [0.2, 0.25) is 0 Å². The fourth-order valence-electron chi connectivity index (χ4n) is 6.06. The molecular weight excluding hydrogens is 414 g/mol. The van der Waals surface area contributed by atoms with Crippen LogP contribution in [-0.2, 0) is 10.8 Å². The van der Waals surface area contributed by atoms with Crippen molar-refractivity contribution in [1.82, 2.24) is 4.98 Å². The molecule has 2 atom stereocenters. The van der Waals surface area contributed by atoms with Crippen LogP contribution in [-0.4, -0.2) is 11.1 Å². The van der Waals surface area contributed by atoms with Crippen LogP contribution in [0.5, 0.6) is 0 Å². The SMILES string of the molecule is C=CCC1(C)c2cc(C(C)(C)C)ccc2N2c3cccnc3N(c3ccccc3C)C2C1(C)C. The molecule has 1 aromatic heterocycles. The van der Waals surface area contributed by atoms with Crippen molar-refractivity contribution in [1.29, 1.82) is 0 Å². The van der Waals surface area contributed by atoms with Gasteiger partial charge in [-0.3, -0.25) is 0 Å². The van der Waals surface area contributed by atoms with Crippen molar-refractivity contribution in [2.75, 3.05) is 9.80 Å². The first-order chi connectivity index (χ1) is 16.0. The molecule has 34 heavy (non-hydrogen) atoms. The second-order valence-electron chi connectivity index (χ2n) is 11.8. The number of nitrogens with zero attached hydrogens (tertiary/aromatic N) is 3. The van der Waals surface area contributed by atoms with Crippen molar-refractivity contribution in [3.8, 4) is 0 Å². The maximum atomic E-state index is 4.94. The van der Waals surface area contributed by atoms with Crippen LogP contribution in [0.4, 0.5) is 22.9 Å². The summed E-state index contributed by atoms with van der Waals surface area (Å²) in [6.07, 6.45) is 5.03. The van der Waals surface area contributed by atoms with Gasteiger partial charge < -0.3 is 9.80 Å². The number of hydrogen-bond acceptors (Lipinski definition) is 3. The molecule has 3 heteroatoms. The van der Waals surface area contributed by atoms with E-state index in [-0.39, 0.29) is 22.4 Å². The highest BCUT2D eigenvalue weighted by Crippen LogP contribution is 2.63. The van der Waals surface area contributed by atoms with Crippen LogP contribution < -0.4 is 9.80 Å². The summed E-state index contributed by atoms with van der Waals surface area (Å²) in [4.78, 5) is 9.96.